The fraction of sp³-hybridized carbons (Fsp3) is 0.462. The van der Waals surface area contributed by atoms with Crippen LogP contribution in [0.1, 0.15) is 39.2 Å². The maximum absolute atomic E-state index is 5.75. The maximum atomic E-state index is 5.75. The molecule has 1 aromatic heterocycles. The van der Waals surface area contributed by atoms with Gasteiger partial charge in [-0.2, -0.15) is 0 Å². The van der Waals surface area contributed by atoms with Gasteiger partial charge in [0.2, 0.25) is 0 Å². The molecule has 3 heteroatoms. The van der Waals surface area contributed by atoms with Crippen LogP contribution in [0.3, 0.4) is 0 Å². The second-order valence-electron chi connectivity index (χ2n) is 4.25. The second-order valence-corrected chi connectivity index (χ2v) is 4.25. The molecule has 0 aliphatic carbocycles. The summed E-state index contributed by atoms with van der Waals surface area (Å²) in [6, 6.07) is 6.50. The van der Waals surface area contributed by atoms with Crippen LogP contribution in [0.15, 0.2) is 24.5 Å². The van der Waals surface area contributed by atoms with Crippen molar-refractivity contribution in [2.75, 3.05) is 5.73 Å². The molecule has 0 saturated carbocycles. The molecule has 16 heavy (non-hydrogen) atoms. The zero-order chi connectivity index (χ0) is 11.5. The third-order valence-corrected chi connectivity index (χ3v) is 3.09. The summed E-state index contributed by atoms with van der Waals surface area (Å²) in [6.07, 6.45) is 5.48. The number of imidazole rings is 1. The van der Waals surface area contributed by atoms with E-state index in [0.717, 1.165) is 17.6 Å². The Labute approximate surface area is 96.3 Å². The van der Waals surface area contributed by atoms with Crippen LogP contribution >= 0.6 is 0 Å². The molecular formula is C13H19N3. The lowest BCUT2D eigenvalue weighted by molar-refractivity contribution is 0.458. The Kier molecular flexibility index (Phi) is 3.13. The van der Waals surface area contributed by atoms with Crippen LogP contribution < -0.4 is 5.73 Å². The highest BCUT2D eigenvalue weighted by Crippen LogP contribution is 2.24. The maximum Gasteiger partial charge on any atom is 0.0960 e. The number of hydrogen-bond donors (Lipinski definition) is 1. The summed E-state index contributed by atoms with van der Waals surface area (Å²) in [4.78, 5) is 4.41. The van der Waals surface area contributed by atoms with Gasteiger partial charge in [-0.25, -0.2) is 4.98 Å². The Balaban J connectivity index is 2.44. The predicted octanol–water partition coefficient (Wildman–Crippen LogP) is 3.37. The number of fused-ring (bicyclic) bond motifs is 1. The lowest BCUT2D eigenvalue weighted by Crippen LogP contribution is -2.06. The van der Waals surface area contributed by atoms with E-state index in [-0.39, 0.29) is 0 Å². The first kappa shape index (κ1) is 11.0. The number of anilines is 1. The van der Waals surface area contributed by atoms with Gasteiger partial charge in [0.05, 0.1) is 17.4 Å². The number of hydrogen-bond acceptors (Lipinski definition) is 2. The van der Waals surface area contributed by atoms with Gasteiger partial charge in [0.15, 0.2) is 0 Å². The number of nitrogens with zero attached hydrogens (tertiary/aromatic N) is 2. The molecule has 0 aliphatic rings. The van der Waals surface area contributed by atoms with E-state index in [4.69, 9.17) is 5.73 Å². The van der Waals surface area contributed by atoms with Crippen LogP contribution in [0.4, 0.5) is 5.69 Å². The Hall–Kier alpha value is -1.51. The summed E-state index contributed by atoms with van der Waals surface area (Å²) in [7, 11) is 0. The smallest absolute Gasteiger partial charge is 0.0960 e. The summed E-state index contributed by atoms with van der Waals surface area (Å²) in [5.74, 6) is 0. The zero-order valence-electron chi connectivity index (χ0n) is 9.98. The molecule has 0 bridgehead atoms. The van der Waals surface area contributed by atoms with Crippen molar-refractivity contribution in [3.05, 3.63) is 24.5 Å². The van der Waals surface area contributed by atoms with Crippen LogP contribution in [-0.2, 0) is 0 Å². The molecule has 0 radical (unpaired) electrons. The number of nitrogen functional groups attached to an aromatic ring is 1. The Morgan fingerprint density at radius 1 is 1.38 bits per heavy atom. The van der Waals surface area contributed by atoms with E-state index in [9.17, 15) is 0 Å². The Morgan fingerprint density at radius 2 is 2.19 bits per heavy atom. The molecule has 1 heterocycles. The minimum atomic E-state index is 0.554. The third-order valence-electron chi connectivity index (χ3n) is 3.09. The van der Waals surface area contributed by atoms with Crippen molar-refractivity contribution in [1.82, 2.24) is 9.55 Å². The molecule has 1 aromatic carbocycles. The summed E-state index contributed by atoms with van der Waals surface area (Å²) >= 11 is 0. The van der Waals surface area contributed by atoms with Gasteiger partial charge in [0, 0.05) is 11.7 Å². The van der Waals surface area contributed by atoms with Gasteiger partial charge in [-0.05, 0) is 31.0 Å². The van der Waals surface area contributed by atoms with Gasteiger partial charge < -0.3 is 10.3 Å². The van der Waals surface area contributed by atoms with E-state index in [1.165, 1.54) is 18.4 Å². The van der Waals surface area contributed by atoms with Crippen LogP contribution in [0.5, 0.6) is 0 Å². The number of nitrogens with two attached hydrogens (primary N) is 1. The van der Waals surface area contributed by atoms with Gasteiger partial charge in [-0.3, -0.25) is 0 Å². The summed E-state index contributed by atoms with van der Waals surface area (Å²) < 4.78 is 2.28. The van der Waals surface area contributed by atoms with E-state index in [1.807, 2.05) is 18.5 Å². The highest BCUT2D eigenvalue weighted by Gasteiger charge is 2.11. The molecule has 2 rings (SSSR count). The first-order valence-corrected chi connectivity index (χ1v) is 5.98. The van der Waals surface area contributed by atoms with Crippen molar-refractivity contribution >= 4 is 16.7 Å². The van der Waals surface area contributed by atoms with Crippen LogP contribution in [-0.4, -0.2) is 9.55 Å². The van der Waals surface area contributed by atoms with Gasteiger partial charge in [-0.1, -0.05) is 20.3 Å². The lowest BCUT2D eigenvalue weighted by atomic mass is 10.1. The van der Waals surface area contributed by atoms with Crippen molar-refractivity contribution in [2.24, 2.45) is 0 Å². The Bertz CT molecular complexity index is 473. The molecule has 0 amide bonds. The van der Waals surface area contributed by atoms with E-state index in [0.29, 0.717) is 6.04 Å². The molecule has 0 spiro atoms. The number of aromatic nitrogens is 2. The first-order chi connectivity index (χ1) is 7.76. The van der Waals surface area contributed by atoms with E-state index < -0.39 is 0 Å². The molecule has 3 nitrogen and oxygen atoms in total. The molecule has 86 valence electrons. The fourth-order valence-electron chi connectivity index (χ4n) is 2.21. The van der Waals surface area contributed by atoms with Gasteiger partial charge in [0.25, 0.3) is 0 Å². The summed E-state index contributed by atoms with van der Waals surface area (Å²) in [5, 5.41) is 0. The highest BCUT2D eigenvalue weighted by molar-refractivity contribution is 5.79. The standard InChI is InChI=1S/C13H19N3/c1-3-5-11(4-2)16-9-15-12-8-10(14)6-7-13(12)16/h6-9,11H,3-5,14H2,1-2H3. The zero-order valence-corrected chi connectivity index (χ0v) is 9.98. The molecule has 0 aliphatic heterocycles. The normalized spacial score (nSPS) is 13.1. The number of benzene rings is 1. The van der Waals surface area contributed by atoms with E-state index in [1.54, 1.807) is 0 Å². The quantitative estimate of drug-likeness (QED) is 0.798. The van der Waals surface area contributed by atoms with Gasteiger partial charge in [-0.15, -0.1) is 0 Å². The van der Waals surface area contributed by atoms with Crippen LogP contribution in [0.2, 0.25) is 0 Å². The van der Waals surface area contributed by atoms with Crippen molar-refractivity contribution < 1.29 is 0 Å². The molecule has 0 fully saturated rings. The average Bonchev–Trinajstić information content (AvgIpc) is 2.68. The summed E-state index contributed by atoms with van der Waals surface area (Å²) in [6.45, 7) is 4.45. The van der Waals surface area contributed by atoms with Crippen molar-refractivity contribution in [1.29, 1.82) is 0 Å². The molecular weight excluding hydrogens is 198 g/mol. The highest BCUT2D eigenvalue weighted by atomic mass is 15.1. The molecule has 2 aromatic rings. The fourth-order valence-corrected chi connectivity index (χ4v) is 2.21. The Morgan fingerprint density at radius 3 is 2.88 bits per heavy atom. The van der Waals surface area contributed by atoms with Gasteiger partial charge >= 0.3 is 0 Å². The van der Waals surface area contributed by atoms with Crippen molar-refractivity contribution in [2.45, 2.75) is 39.2 Å². The average molecular weight is 217 g/mol. The largest absolute Gasteiger partial charge is 0.399 e. The lowest BCUT2D eigenvalue weighted by Gasteiger charge is -2.16. The monoisotopic (exact) mass is 217 g/mol. The SMILES string of the molecule is CCCC(CC)n1cnc2cc(N)ccc21. The van der Waals surface area contributed by atoms with Crippen LogP contribution in [0, 0.1) is 0 Å². The molecule has 1 atom stereocenters. The van der Waals surface area contributed by atoms with Gasteiger partial charge in [0.1, 0.15) is 0 Å². The van der Waals surface area contributed by atoms with E-state index >= 15 is 0 Å². The second kappa shape index (κ2) is 4.56. The predicted molar refractivity (Wildman–Crippen MR) is 68.4 cm³/mol. The molecule has 0 saturated heterocycles. The van der Waals surface area contributed by atoms with E-state index in [2.05, 4.69) is 29.5 Å². The molecule has 1 unspecified atom stereocenters. The minimum Gasteiger partial charge on any atom is -0.399 e. The summed E-state index contributed by atoms with van der Waals surface area (Å²) in [5.41, 5.74) is 8.71. The first-order valence-electron chi connectivity index (χ1n) is 5.98. The minimum absolute atomic E-state index is 0.554. The van der Waals surface area contributed by atoms with Crippen molar-refractivity contribution in [3.63, 3.8) is 0 Å². The van der Waals surface area contributed by atoms with Crippen LogP contribution in [0.25, 0.3) is 11.0 Å². The topological polar surface area (TPSA) is 43.8 Å². The van der Waals surface area contributed by atoms with Crippen molar-refractivity contribution in [3.8, 4) is 0 Å². The number of rotatable bonds is 4. The third kappa shape index (κ3) is 1.90. The molecule has 2 N–H and O–H groups in total.